The van der Waals surface area contributed by atoms with Gasteiger partial charge in [0.15, 0.2) is 11.5 Å². The molecule has 4 rings (SSSR count). The maximum atomic E-state index is 12.6. The summed E-state index contributed by atoms with van der Waals surface area (Å²) in [7, 11) is -3.49. The highest BCUT2D eigenvalue weighted by Crippen LogP contribution is 2.41. The highest BCUT2D eigenvalue weighted by atomic mass is 32.2. The molecule has 0 radical (unpaired) electrons. The van der Waals surface area contributed by atoms with E-state index < -0.39 is 10.0 Å². The van der Waals surface area contributed by atoms with E-state index in [1.807, 2.05) is 32.0 Å². The number of ether oxygens (including phenoxy) is 2. The summed E-state index contributed by atoms with van der Waals surface area (Å²) in [6.45, 7) is 5.51. The van der Waals surface area contributed by atoms with Gasteiger partial charge in [-0.15, -0.1) is 0 Å². The van der Waals surface area contributed by atoms with Crippen molar-refractivity contribution in [1.29, 1.82) is 0 Å². The van der Waals surface area contributed by atoms with Gasteiger partial charge >= 0.3 is 0 Å². The van der Waals surface area contributed by atoms with E-state index in [4.69, 9.17) is 9.47 Å². The number of benzene rings is 2. The van der Waals surface area contributed by atoms with Crippen molar-refractivity contribution in [3.8, 4) is 23.3 Å². The van der Waals surface area contributed by atoms with Crippen LogP contribution in [0.4, 0.5) is 0 Å². The maximum Gasteiger partial charge on any atom is 0.252 e. The SMILES string of the molecule is CC1(C)Cc2cccc(OCC#CCNC(=O)c3ccc(S(=O)(=O)N4CCCC4)cc3)c2O1. The van der Waals surface area contributed by atoms with Crippen LogP contribution in [0, 0.1) is 11.8 Å². The van der Waals surface area contributed by atoms with Crippen LogP contribution in [-0.4, -0.2) is 50.5 Å². The Morgan fingerprint density at radius 2 is 1.85 bits per heavy atom. The van der Waals surface area contributed by atoms with Gasteiger partial charge in [-0.2, -0.15) is 4.31 Å². The lowest BCUT2D eigenvalue weighted by Gasteiger charge is -2.17. The second-order valence-electron chi connectivity index (χ2n) is 8.74. The molecule has 1 saturated heterocycles. The monoisotopic (exact) mass is 468 g/mol. The van der Waals surface area contributed by atoms with Gasteiger partial charge in [0.2, 0.25) is 10.0 Å². The summed E-state index contributed by atoms with van der Waals surface area (Å²) >= 11 is 0. The zero-order chi connectivity index (χ0) is 23.5. The summed E-state index contributed by atoms with van der Waals surface area (Å²) < 4.78 is 38.3. The van der Waals surface area contributed by atoms with E-state index in [0.717, 1.165) is 30.6 Å². The molecular weight excluding hydrogens is 440 g/mol. The number of amides is 1. The van der Waals surface area contributed by atoms with E-state index in [0.29, 0.717) is 24.4 Å². The fourth-order valence-electron chi connectivity index (χ4n) is 4.01. The predicted molar refractivity (Wildman–Crippen MR) is 125 cm³/mol. The number of hydrogen-bond acceptors (Lipinski definition) is 5. The standard InChI is InChI=1S/C25H28N2O5S/c1-25(2)18-20-8-7-9-22(23(20)32-25)31-17-6-3-14-26-24(28)19-10-12-21(13-11-19)33(29,30)27-15-4-5-16-27/h7-13H,4-5,14-18H2,1-2H3,(H,26,28). The molecule has 1 N–H and O–H groups in total. The third kappa shape index (κ3) is 5.32. The number of carbonyl (C=O) groups is 1. The molecule has 0 spiro atoms. The lowest BCUT2D eigenvalue weighted by molar-refractivity contribution is 0.0958. The van der Waals surface area contributed by atoms with Gasteiger partial charge in [0.1, 0.15) is 12.2 Å². The van der Waals surface area contributed by atoms with Gasteiger partial charge in [-0.1, -0.05) is 24.0 Å². The Kier molecular flexibility index (Phi) is 6.63. The molecule has 174 valence electrons. The van der Waals surface area contributed by atoms with Gasteiger partial charge in [-0.3, -0.25) is 4.79 Å². The van der Waals surface area contributed by atoms with Gasteiger partial charge < -0.3 is 14.8 Å². The van der Waals surface area contributed by atoms with Crippen LogP contribution in [0.3, 0.4) is 0 Å². The van der Waals surface area contributed by atoms with Crippen molar-refractivity contribution in [1.82, 2.24) is 9.62 Å². The van der Waals surface area contributed by atoms with Crippen LogP contribution < -0.4 is 14.8 Å². The van der Waals surface area contributed by atoms with E-state index in [9.17, 15) is 13.2 Å². The first-order chi connectivity index (χ1) is 15.8. The molecule has 2 aliphatic rings. The van der Waals surface area contributed by atoms with Crippen LogP contribution in [-0.2, 0) is 16.4 Å². The molecule has 2 aromatic carbocycles. The first-order valence-electron chi connectivity index (χ1n) is 11.0. The quantitative estimate of drug-likeness (QED) is 0.659. The molecular formula is C25H28N2O5S. The minimum atomic E-state index is -3.49. The second kappa shape index (κ2) is 9.46. The third-order valence-electron chi connectivity index (χ3n) is 5.64. The molecule has 0 bridgehead atoms. The highest BCUT2D eigenvalue weighted by molar-refractivity contribution is 7.89. The van der Waals surface area contributed by atoms with Crippen LogP contribution in [0.15, 0.2) is 47.4 Å². The molecule has 2 aliphatic heterocycles. The van der Waals surface area contributed by atoms with Crippen LogP contribution in [0.2, 0.25) is 0 Å². The molecule has 33 heavy (non-hydrogen) atoms. The topological polar surface area (TPSA) is 84.9 Å². The zero-order valence-electron chi connectivity index (χ0n) is 18.9. The molecule has 1 fully saturated rings. The number of nitrogens with one attached hydrogen (secondary N) is 1. The van der Waals surface area contributed by atoms with E-state index in [2.05, 4.69) is 17.2 Å². The number of para-hydroxylation sites is 1. The average molecular weight is 469 g/mol. The Bertz CT molecular complexity index is 1190. The molecule has 1 amide bonds. The number of nitrogens with zero attached hydrogens (tertiary/aromatic N) is 1. The first kappa shape index (κ1) is 23.1. The maximum absolute atomic E-state index is 12.6. The fourth-order valence-corrected chi connectivity index (χ4v) is 5.53. The Morgan fingerprint density at radius 3 is 2.58 bits per heavy atom. The lowest BCUT2D eigenvalue weighted by atomic mass is 10.0. The molecule has 0 saturated carbocycles. The molecule has 0 atom stereocenters. The van der Waals surface area contributed by atoms with Crippen molar-refractivity contribution in [2.45, 2.75) is 43.6 Å². The van der Waals surface area contributed by atoms with Crippen molar-refractivity contribution in [3.05, 3.63) is 53.6 Å². The summed E-state index contributed by atoms with van der Waals surface area (Å²) in [6, 6.07) is 11.8. The molecule has 2 heterocycles. The number of fused-ring (bicyclic) bond motifs is 1. The molecule has 0 aliphatic carbocycles. The van der Waals surface area contributed by atoms with E-state index in [1.54, 1.807) is 0 Å². The highest BCUT2D eigenvalue weighted by Gasteiger charge is 2.32. The summed E-state index contributed by atoms with van der Waals surface area (Å²) in [5, 5.41) is 2.71. The smallest absolute Gasteiger partial charge is 0.252 e. The average Bonchev–Trinajstić information content (AvgIpc) is 3.43. The Morgan fingerprint density at radius 1 is 1.12 bits per heavy atom. The number of rotatable bonds is 6. The minimum absolute atomic E-state index is 0.159. The number of hydrogen-bond donors (Lipinski definition) is 1. The third-order valence-corrected chi connectivity index (χ3v) is 7.55. The van der Waals surface area contributed by atoms with Gasteiger partial charge in [0.05, 0.1) is 11.4 Å². The molecule has 0 unspecified atom stereocenters. The summed E-state index contributed by atoms with van der Waals surface area (Å²) in [6.07, 6.45) is 2.60. The van der Waals surface area contributed by atoms with Crippen molar-refractivity contribution in [2.24, 2.45) is 0 Å². The largest absolute Gasteiger partial charge is 0.483 e. The molecule has 2 aromatic rings. The van der Waals surface area contributed by atoms with Gasteiger partial charge in [0.25, 0.3) is 5.91 Å². The number of carbonyl (C=O) groups excluding carboxylic acids is 1. The summed E-state index contributed by atoms with van der Waals surface area (Å²) in [5.74, 6) is 6.87. The van der Waals surface area contributed by atoms with Crippen molar-refractivity contribution < 1.29 is 22.7 Å². The fraction of sp³-hybridized carbons (Fsp3) is 0.400. The van der Waals surface area contributed by atoms with Crippen LogP contribution in [0.1, 0.15) is 42.6 Å². The number of sulfonamides is 1. The Labute approximate surface area is 195 Å². The van der Waals surface area contributed by atoms with Crippen molar-refractivity contribution >= 4 is 15.9 Å². The van der Waals surface area contributed by atoms with Gasteiger partial charge in [-0.25, -0.2) is 8.42 Å². The normalized spacial score (nSPS) is 16.9. The molecule has 0 aromatic heterocycles. The van der Waals surface area contributed by atoms with E-state index in [1.165, 1.54) is 28.6 Å². The van der Waals surface area contributed by atoms with Crippen molar-refractivity contribution in [2.75, 3.05) is 26.2 Å². The van der Waals surface area contributed by atoms with Crippen LogP contribution in [0.5, 0.6) is 11.5 Å². The summed E-state index contributed by atoms with van der Waals surface area (Å²) in [5.41, 5.74) is 1.26. The molecule has 8 heteroatoms. The predicted octanol–water partition coefficient (Wildman–Crippen LogP) is 3.00. The van der Waals surface area contributed by atoms with Gasteiger partial charge in [-0.05, 0) is 57.0 Å². The van der Waals surface area contributed by atoms with Crippen LogP contribution in [0.25, 0.3) is 0 Å². The Balaban J connectivity index is 1.26. The van der Waals surface area contributed by atoms with E-state index in [-0.39, 0.29) is 29.6 Å². The first-order valence-corrected chi connectivity index (χ1v) is 12.5. The lowest BCUT2D eigenvalue weighted by Crippen LogP contribution is -2.28. The Hall–Kier alpha value is -3.02. The minimum Gasteiger partial charge on any atom is -0.483 e. The van der Waals surface area contributed by atoms with Crippen LogP contribution >= 0.6 is 0 Å². The summed E-state index contributed by atoms with van der Waals surface area (Å²) in [4.78, 5) is 12.5. The van der Waals surface area contributed by atoms with E-state index >= 15 is 0 Å². The zero-order valence-corrected chi connectivity index (χ0v) is 19.7. The second-order valence-corrected chi connectivity index (χ2v) is 10.7. The van der Waals surface area contributed by atoms with Gasteiger partial charge in [0, 0.05) is 30.6 Å². The molecule has 7 nitrogen and oxygen atoms in total. The van der Waals surface area contributed by atoms with Crippen molar-refractivity contribution in [3.63, 3.8) is 0 Å².